The number of hydrogen-bond donors (Lipinski definition) is 1. The minimum atomic E-state index is -1.13. The van der Waals surface area contributed by atoms with Crippen LogP contribution >= 0.6 is 11.8 Å². The van der Waals surface area contributed by atoms with E-state index in [4.69, 9.17) is 0 Å². The zero-order valence-corrected chi connectivity index (χ0v) is 12.0. The fourth-order valence-electron chi connectivity index (χ4n) is 2.40. The quantitative estimate of drug-likeness (QED) is 0.925. The fourth-order valence-corrected chi connectivity index (χ4v) is 3.56. The Bertz CT molecular complexity index is 423. The van der Waals surface area contributed by atoms with Crippen LogP contribution in [0.1, 0.15) is 25.5 Å². The highest BCUT2D eigenvalue weighted by Gasteiger charge is 2.28. The second-order valence-corrected chi connectivity index (χ2v) is 6.45. The Hall–Kier alpha value is -0.650. The summed E-state index contributed by atoms with van der Waals surface area (Å²) in [6, 6.07) is 3.96. The van der Waals surface area contributed by atoms with Gasteiger partial charge in [0.05, 0.1) is 11.7 Å². The molecule has 2 rings (SSSR count). The summed E-state index contributed by atoms with van der Waals surface area (Å²) in [6.45, 7) is 5.33. The standard InChI is InChI=1S/C14H19F2NOS/c1-9-10(2)19-7-6-17(9)8-13(18)14-11(15)4-3-5-12(14)16/h3-5,9-10,13,18H,6-8H2,1-2H3. The molecule has 0 amide bonds. The zero-order chi connectivity index (χ0) is 14.0. The molecule has 19 heavy (non-hydrogen) atoms. The van der Waals surface area contributed by atoms with Gasteiger partial charge in [-0.3, -0.25) is 4.90 Å². The van der Waals surface area contributed by atoms with Crippen LogP contribution in [0.2, 0.25) is 0 Å². The fraction of sp³-hybridized carbons (Fsp3) is 0.571. The number of aliphatic hydroxyl groups is 1. The van der Waals surface area contributed by atoms with E-state index in [1.54, 1.807) is 0 Å². The third kappa shape index (κ3) is 3.27. The van der Waals surface area contributed by atoms with E-state index in [1.165, 1.54) is 18.2 Å². The summed E-state index contributed by atoms with van der Waals surface area (Å²) in [5, 5.41) is 10.6. The lowest BCUT2D eigenvalue weighted by atomic mass is 10.1. The molecule has 0 saturated carbocycles. The molecule has 1 aromatic carbocycles. The molecule has 1 aliphatic heterocycles. The summed E-state index contributed by atoms with van der Waals surface area (Å²) in [5.74, 6) is -0.378. The number of aliphatic hydroxyl groups excluding tert-OH is 1. The predicted molar refractivity (Wildman–Crippen MR) is 74.3 cm³/mol. The van der Waals surface area contributed by atoms with Crippen LogP contribution in [0.25, 0.3) is 0 Å². The molecule has 0 aliphatic carbocycles. The Morgan fingerprint density at radius 2 is 2.00 bits per heavy atom. The Balaban J connectivity index is 2.10. The van der Waals surface area contributed by atoms with Crippen molar-refractivity contribution in [3.05, 3.63) is 35.4 Å². The molecule has 1 aromatic rings. The highest BCUT2D eigenvalue weighted by atomic mass is 32.2. The highest BCUT2D eigenvalue weighted by Crippen LogP contribution is 2.27. The molecule has 0 bridgehead atoms. The first-order valence-corrected chi connectivity index (χ1v) is 7.53. The lowest BCUT2D eigenvalue weighted by Gasteiger charge is -2.38. The van der Waals surface area contributed by atoms with Crippen LogP contribution in [0, 0.1) is 11.6 Å². The van der Waals surface area contributed by atoms with E-state index >= 15 is 0 Å². The van der Waals surface area contributed by atoms with Crippen LogP contribution < -0.4 is 0 Å². The Labute approximate surface area is 116 Å². The maximum absolute atomic E-state index is 13.6. The first kappa shape index (κ1) is 14.8. The topological polar surface area (TPSA) is 23.5 Å². The third-order valence-electron chi connectivity index (χ3n) is 3.75. The number of hydrogen-bond acceptors (Lipinski definition) is 3. The molecule has 1 saturated heterocycles. The number of thioether (sulfide) groups is 1. The summed E-state index contributed by atoms with van der Waals surface area (Å²) in [4.78, 5) is 2.09. The van der Waals surface area contributed by atoms with Gasteiger partial charge >= 0.3 is 0 Å². The van der Waals surface area contributed by atoms with Crippen LogP contribution in [0.15, 0.2) is 18.2 Å². The third-order valence-corrected chi connectivity index (χ3v) is 5.09. The van der Waals surface area contributed by atoms with Crippen molar-refractivity contribution in [2.45, 2.75) is 31.2 Å². The summed E-state index contributed by atoms with van der Waals surface area (Å²) in [6.07, 6.45) is -1.13. The molecule has 106 valence electrons. The van der Waals surface area contributed by atoms with Gasteiger partial charge in [0.25, 0.3) is 0 Å². The normalized spacial score (nSPS) is 26.4. The largest absolute Gasteiger partial charge is 0.387 e. The van der Waals surface area contributed by atoms with Gasteiger partial charge in [-0.15, -0.1) is 0 Å². The van der Waals surface area contributed by atoms with Crippen molar-refractivity contribution in [3.8, 4) is 0 Å². The SMILES string of the molecule is CC1SCCN(CC(O)c2c(F)cccc2F)C1C. The molecule has 1 aliphatic rings. The van der Waals surface area contributed by atoms with Crippen molar-refractivity contribution in [2.75, 3.05) is 18.8 Å². The second kappa shape index (κ2) is 6.20. The monoisotopic (exact) mass is 287 g/mol. The Kier molecular flexibility index (Phi) is 4.81. The van der Waals surface area contributed by atoms with Gasteiger partial charge in [0.1, 0.15) is 11.6 Å². The van der Waals surface area contributed by atoms with E-state index in [0.717, 1.165) is 12.3 Å². The second-order valence-electron chi connectivity index (χ2n) is 4.96. The van der Waals surface area contributed by atoms with Gasteiger partial charge in [-0.25, -0.2) is 8.78 Å². The summed E-state index contributed by atoms with van der Waals surface area (Å²) < 4.78 is 27.2. The van der Waals surface area contributed by atoms with Crippen LogP contribution in [-0.4, -0.2) is 40.1 Å². The van der Waals surface area contributed by atoms with Gasteiger partial charge in [0.2, 0.25) is 0 Å². The minimum Gasteiger partial charge on any atom is -0.387 e. The minimum absolute atomic E-state index is 0.222. The van der Waals surface area contributed by atoms with E-state index < -0.39 is 17.7 Å². The molecule has 1 heterocycles. The van der Waals surface area contributed by atoms with Crippen LogP contribution in [-0.2, 0) is 0 Å². The molecular formula is C14H19F2NOS. The molecule has 0 spiro atoms. The van der Waals surface area contributed by atoms with Gasteiger partial charge in [0.15, 0.2) is 0 Å². The zero-order valence-electron chi connectivity index (χ0n) is 11.1. The molecule has 3 atom stereocenters. The van der Waals surface area contributed by atoms with E-state index in [9.17, 15) is 13.9 Å². The van der Waals surface area contributed by atoms with E-state index in [-0.39, 0.29) is 12.1 Å². The molecule has 2 nitrogen and oxygen atoms in total. The number of nitrogens with zero attached hydrogens (tertiary/aromatic N) is 1. The Morgan fingerprint density at radius 1 is 1.37 bits per heavy atom. The van der Waals surface area contributed by atoms with Crippen molar-refractivity contribution < 1.29 is 13.9 Å². The van der Waals surface area contributed by atoms with E-state index in [2.05, 4.69) is 18.7 Å². The van der Waals surface area contributed by atoms with Crippen molar-refractivity contribution in [1.29, 1.82) is 0 Å². The van der Waals surface area contributed by atoms with E-state index in [0.29, 0.717) is 11.3 Å². The maximum atomic E-state index is 13.6. The number of halogens is 2. The van der Waals surface area contributed by atoms with Gasteiger partial charge in [-0.1, -0.05) is 13.0 Å². The molecule has 0 radical (unpaired) electrons. The average Bonchev–Trinajstić information content (AvgIpc) is 2.35. The molecule has 1 N–H and O–H groups in total. The predicted octanol–water partition coefficient (Wildman–Crippen LogP) is 2.82. The van der Waals surface area contributed by atoms with Crippen molar-refractivity contribution in [1.82, 2.24) is 4.90 Å². The van der Waals surface area contributed by atoms with Gasteiger partial charge in [-0.05, 0) is 19.1 Å². The summed E-state index contributed by atoms with van der Waals surface area (Å²) in [5.41, 5.74) is -0.222. The van der Waals surface area contributed by atoms with Crippen LogP contribution in [0.4, 0.5) is 8.78 Å². The smallest absolute Gasteiger partial charge is 0.131 e. The van der Waals surface area contributed by atoms with Crippen molar-refractivity contribution >= 4 is 11.8 Å². The number of β-amino-alcohol motifs (C(OH)–C–C–N with tert-alkyl or cyclic N) is 1. The van der Waals surface area contributed by atoms with Gasteiger partial charge in [-0.2, -0.15) is 11.8 Å². The first-order valence-electron chi connectivity index (χ1n) is 6.48. The van der Waals surface area contributed by atoms with Gasteiger partial charge in [0, 0.05) is 30.1 Å². The lowest BCUT2D eigenvalue weighted by molar-refractivity contribution is 0.0878. The molecular weight excluding hydrogens is 268 g/mol. The van der Waals surface area contributed by atoms with Gasteiger partial charge < -0.3 is 5.11 Å². The van der Waals surface area contributed by atoms with Crippen LogP contribution in [0.5, 0.6) is 0 Å². The van der Waals surface area contributed by atoms with Crippen LogP contribution in [0.3, 0.4) is 0 Å². The molecule has 5 heteroatoms. The van der Waals surface area contributed by atoms with E-state index in [1.807, 2.05) is 11.8 Å². The summed E-state index contributed by atoms with van der Waals surface area (Å²) >= 11 is 1.89. The molecule has 3 unspecified atom stereocenters. The maximum Gasteiger partial charge on any atom is 0.131 e. The lowest BCUT2D eigenvalue weighted by Crippen LogP contribution is -2.46. The highest BCUT2D eigenvalue weighted by molar-refractivity contribution is 8.00. The number of rotatable bonds is 3. The molecule has 1 fully saturated rings. The molecule has 0 aromatic heterocycles. The number of benzene rings is 1. The summed E-state index contributed by atoms with van der Waals surface area (Å²) in [7, 11) is 0. The van der Waals surface area contributed by atoms with Crippen molar-refractivity contribution in [3.63, 3.8) is 0 Å². The Morgan fingerprint density at radius 3 is 2.63 bits per heavy atom. The first-order chi connectivity index (χ1) is 9.00. The van der Waals surface area contributed by atoms with Crippen molar-refractivity contribution in [2.24, 2.45) is 0 Å². The average molecular weight is 287 g/mol.